The molecule has 0 saturated heterocycles. The first-order chi connectivity index (χ1) is 27.1. The van der Waals surface area contributed by atoms with Gasteiger partial charge in [0.15, 0.2) is 0 Å². The zero-order chi connectivity index (χ0) is 37.1. The summed E-state index contributed by atoms with van der Waals surface area (Å²) >= 11 is 0. The Balaban J connectivity index is 1.33. The van der Waals surface area contributed by atoms with Crippen molar-refractivity contribution in [3.05, 3.63) is 222 Å². The van der Waals surface area contributed by atoms with Crippen LogP contribution in [0.25, 0.3) is 78.1 Å². The molecule has 0 atom stereocenters. The second-order valence-electron chi connectivity index (χ2n) is 14.2. The lowest BCUT2D eigenvalue weighted by molar-refractivity contribution is 0.768. The topological polar surface area (TPSA) is 36.7 Å². The molecular formula is C53H34N2. The van der Waals surface area contributed by atoms with E-state index in [-0.39, 0.29) is 0 Å². The van der Waals surface area contributed by atoms with Gasteiger partial charge >= 0.3 is 0 Å². The lowest BCUT2D eigenvalue weighted by Crippen LogP contribution is -2.28. The summed E-state index contributed by atoms with van der Waals surface area (Å²) in [5.41, 5.74) is 14.0. The molecule has 9 aromatic rings. The van der Waals surface area contributed by atoms with Crippen molar-refractivity contribution in [2.75, 3.05) is 0 Å². The van der Waals surface area contributed by atoms with Gasteiger partial charge in [0.25, 0.3) is 0 Å². The maximum atomic E-state index is 10.1. The molecule has 1 heterocycles. The summed E-state index contributed by atoms with van der Waals surface area (Å²) in [6.07, 6.45) is 3.96. The SMILES string of the molecule is C=Cc1c(-c2ccc3c(c2)C(c2ccccc2)(c2ccccc2)c2cc(C#N)ccc2-3)cc2c(-c3ccccc3)nc3c4ccccc4ccc3c2c1C=C. The Hall–Kier alpha value is -7.34. The standard InChI is InChI=1S/C53H34N2/c1-3-40-41(4-2)50-45-29-25-35-16-14-15-23-42(35)52(45)55-51(36-17-8-5-9-18-36)47(50)32-46(40)37-26-28-44-43-27-24-34(33-54)30-48(43)53(49(44)31-37,38-19-10-6-11-20-38)39-21-12-7-13-22-39/h3-32H,1-2H2. The first-order valence-corrected chi connectivity index (χ1v) is 18.6. The smallest absolute Gasteiger partial charge is 0.0991 e. The van der Waals surface area contributed by atoms with Crippen LogP contribution >= 0.6 is 0 Å². The fraction of sp³-hybridized carbons (Fsp3) is 0.0189. The highest BCUT2D eigenvalue weighted by atomic mass is 14.7. The predicted octanol–water partition coefficient (Wildman–Crippen LogP) is 13.4. The summed E-state index contributed by atoms with van der Waals surface area (Å²) < 4.78 is 0. The number of nitriles is 1. The molecule has 55 heavy (non-hydrogen) atoms. The van der Waals surface area contributed by atoms with Gasteiger partial charge < -0.3 is 0 Å². The van der Waals surface area contributed by atoms with Crippen LogP contribution in [0.2, 0.25) is 0 Å². The Labute approximate surface area is 320 Å². The van der Waals surface area contributed by atoms with E-state index < -0.39 is 5.41 Å². The predicted molar refractivity (Wildman–Crippen MR) is 230 cm³/mol. The van der Waals surface area contributed by atoms with E-state index in [1.54, 1.807) is 0 Å². The number of rotatable bonds is 6. The number of pyridine rings is 1. The van der Waals surface area contributed by atoms with Gasteiger partial charge in [-0.3, -0.25) is 0 Å². The molecule has 0 amide bonds. The van der Waals surface area contributed by atoms with Crippen LogP contribution in [-0.2, 0) is 5.41 Å². The molecule has 0 aliphatic heterocycles. The van der Waals surface area contributed by atoms with Gasteiger partial charge in [-0.25, -0.2) is 4.98 Å². The van der Waals surface area contributed by atoms with Gasteiger partial charge in [-0.2, -0.15) is 5.26 Å². The molecule has 1 aliphatic rings. The highest BCUT2D eigenvalue weighted by Gasteiger charge is 2.46. The van der Waals surface area contributed by atoms with E-state index in [1.807, 2.05) is 24.3 Å². The fourth-order valence-electron chi connectivity index (χ4n) is 9.16. The van der Waals surface area contributed by atoms with Gasteiger partial charge in [0.1, 0.15) is 0 Å². The molecule has 8 aromatic carbocycles. The van der Waals surface area contributed by atoms with Crippen molar-refractivity contribution in [1.29, 1.82) is 5.26 Å². The van der Waals surface area contributed by atoms with Gasteiger partial charge in [-0.15, -0.1) is 0 Å². The molecule has 0 radical (unpaired) electrons. The Bertz CT molecular complexity index is 3020. The molecule has 0 N–H and O–H groups in total. The van der Waals surface area contributed by atoms with Crippen LogP contribution in [0.1, 0.15) is 38.9 Å². The first kappa shape index (κ1) is 32.3. The van der Waals surface area contributed by atoms with E-state index in [4.69, 9.17) is 4.98 Å². The van der Waals surface area contributed by atoms with Crippen molar-refractivity contribution in [2.45, 2.75) is 5.41 Å². The Morgan fingerprint density at radius 2 is 1.13 bits per heavy atom. The molecule has 2 heteroatoms. The molecule has 256 valence electrons. The second kappa shape index (κ2) is 12.7. The molecule has 1 aromatic heterocycles. The van der Waals surface area contributed by atoms with Gasteiger partial charge in [0.2, 0.25) is 0 Å². The van der Waals surface area contributed by atoms with E-state index in [0.717, 1.165) is 93.8 Å². The average Bonchev–Trinajstić information content (AvgIpc) is 3.55. The molecule has 0 fully saturated rings. The highest BCUT2D eigenvalue weighted by Crippen LogP contribution is 2.57. The van der Waals surface area contributed by atoms with Crippen LogP contribution in [-0.4, -0.2) is 4.98 Å². The van der Waals surface area contributed by atoms with Crippen LogP contribution in [0.15, 0.2) is 183 Å². The van der Waals surface area contributed by atoms with E-state index in [1.165, 1.54) is 5.56 Å². The molecule has 0 bridgehead atoms. The normalized spacial score (nSPS) is 12.6. The summed E-state index contributed by atoms with van der Waals surface area (Å²) in [6.45, 7) is 8.80. The zero-order valence-electron chi connectivity index (χ0n) is 30.1. The molecule has 1 aliphatic carbocycles. The number of aromatic nitrogens is 1. The second-order valence-corrected chi connectivity index (χ2v) is 14.2. The Kier molecular flexibility index (Phi) is 7.44. The van der Waals surface area contributed by atoms with Crippen molar-refractivity contribution in [2.24, 2.45) is 0 Å². The van der Waals surface area contributed by atoms with E-state index in [0.29, 0.717) is 5.56 Å². The van der Waals surface area contributed by atoms with Crippen LogP contribution < -0.4 is 0 Å². The lowest BCUT2D eigenvalue weighted by Gasteiger charge is -2.34. The van der Waals surface area contributed by atoms with E-state index in [9.17, 15) is 5.26 Å². The Morgan fingerprint density at radius 3 is 1.80 bits per heavy atom. The quantitative estimate of drug-likeness (QED) is 0.162. The number of fused-ring (bicyclic) bond motifs is 8. The summed E-state index contributed by atoms with van der Waals surface area (Å²) in [5.74, 6) is 0. The van der Waals surface area contributed by atoms with Crippen LogP contribution in [0, 0.1) is 11.3 Å². The molecule has 0 saturated carbocycles. The monoisotopic (exact) mass is 698 g/mol. The molecular weight excluding hydrogens is 665 g/mol. The maximum absolute atomic E-state index is 10.1. The third-order valence-electron chi connectivity index (χ3n) is 11.5. The summed E-state index contributed by atoms with van der Waals surface area (Å²) in [4.78, 5) is 5.48. The zero-order valence-corrected chi connectivity index (χ0v) is 30.1. The number of hydrogen-bond acceptors (Lipinski definition) is 2. The van der Waals surface area contributed by atoms with E-state index >= 15 is 0 Å². The number of nitrogens with zero attached hydrogens (tertiary/aromatic N) is 2. The highest BCUT2D eigenvalue weighted by molar-refractivity contribution is 6.21. The largest absolute Gasteiger partial charge is 0.246 e. The number of hydrogen-bond donors (Lipinski definition) is 0. The third-order valence-corrected chi connectivity index (χ3v) is 11.5. The van der Waals surface area contributed by atoms with Crippen molar-refractivity contribution in [3.63, 3.8) is 0 Å². The summed E-state index contributed by atoms with van der Waals surface area (Å²) in [6, 6.07) is 62.5. The van der Waals surface area contributed by atoms with Crippen molar-refractivity contribution >= 4 is 44.6 Å². The minimum Gasteiger partial charge on any atom is -0.246 e. The van der Waals surface area contributed by atoms with Gasteiger partial charge in [-0.05, 0) is 85.3 Å². The Morgan fingerprint density at radius 1 is 0.509 bits per heavy atom. The molecule has 2 nitrogen and oxygen atoms in total. The van der Waals surface area contributed by atoms with Crippen LogP contribution in [0.5, 0.6) is 0 Å². The summed E-state index contributed by atoms with van der Waals surface area (Å²) in [5, 5.41) is 15.7. The average molecular weight is 699 g/mol. The third kappa shape index (κ3) is 4.70. The van der Waals surface area contributed by atoms with Crippen molar-refractivity contribution in [3.8, 4) is 39.6 Å². The minimum atomic E-state index is -0.656. The molecule has 0 unspecified atom stereocenters. The molecule has 0 spiro atoms. The van der Waals surface area contributed by atoms with Crippen LogP contribution in [0.4, 0.5) is 0 Å². The van der Waals surface area contributed by atoms with Gasteiger partial charge in [0, 0.05) is 27.1 Å². The maximum Gasteiger partial charge on any atom is 0.0991 e. The van der Waals surface area contributed by atoms with Gasteiger partial charge in [-0.1, -0.05) is 171 Å². The van der Waals surface area contributed by atoms with Gasteiger partial charge in [0.05, 0.1) is 28.3 Å². The van der Waals surface area contributed by atoms with E-state index in [2.05, 4.69) is 177 Å². The first-order valence-electron chi connectivity index (χ1n) is 18.6. The van der Waals surface area contributed by atoms with Crippen molar-refractivity contribution in [1.82, 2.24) is 4.98 Å². The fourth-order valence-corrected chi connectivity index (χ4v) is 9.16. The number of benzene rings is 8. The minimum absolute atomic E-state index is 0.642. The van der Waals surface area contributed by atoms with Crippen molar-refractivity contribution < 1.29 is 0 Å². The van der Waals surface area contributed by atoms with Crippen LogP contribution in [0.3, 0.4) is 0 Å². The lowest BCUT2D eigenvalue weighted by atomic mass is 9.67. The summed E-state index contributed by atoms with van der Waals surface area (Å²) in [7, 11) is 0. The molecule has 10 rings (SSSR count).